The van der Waals surface area contributed by atoms with Crippen molar-refractivity contribution in [2.45, 2.75) is 6.42 Å². The second-order valence-electron chi connectivity index (χ2n) is 4.52. The summed E-state index contributed by atoms with van der Waals surface area (Å²) < 4.78 is 8.08. The number of H-pyrrole nitrogens is 1. The summed E-state index contributed by atoms with van der Waals surface area (Å²) in [5.74, 6) is 0.694. The third-order valence-corrected chi connectivity index (χ3v) is 3.59. The van der Waals surface area contributed by atoms with E-state index in [4.69, 9.17) is 17.0 Å². The zero-order valence-electron chi connectivity index (χ0n) is 11.5. The van der Waals surface area contributed by atoms with Crippen molar-refractivity contribution in [1.29, 1.82) is 0 Å². The molecule has 1 aromatic carbocycles. The van der Waals surface area contributed by atoms with E-state index in [1.807, 2.05) is 47.2 Å². The van der Waals surface area contributed by atoms with E-state index in [9.17, 15) is 0 Å². The van der Waals surface area contributed by atoms with Crippen LogP contribution in [-0.2, 0) is 6.42 Å². The molecule has 0 aliphatic heterocycles. The molecule has 6 heteroatoms. The van der Waals surface area contributed by atoms with Crippen LogP contribution in [0, 0.1) is 4.64 Å². The van der Waals surface area contributed by atoms with Gasteiger partial charge < -0.3 is 9.30 Å². The summed E-state index contributed by atoms with van der Waals surface area (Å²) in [5, 5.41) is 10.5. The van der Waals surface area contributed by atoms with Crippen molar-refractivity contribution in [3.63, 3.8) is 0 Å². The van der Waals surface area contributed by atoms with Crippen LogP contribution < -0.4 is 4.74 Å². The molecule has 0 atom stereocenters. The lowest BCUT2D eigenvalue weighted by Gasteiger charge is -2.13. The first-order valence-electron chi connectivity index (χ1n) is 6.48. The highest BCUT2D eigenvalue weighted by Gasteiger charge is 2.10. The maximum Gasteiger partial charge on any atom is 0.157 e. The van der Waals surface area contributed by atoms with Crippen LogP contribution in [0.3, 0.4) is 0 Å². The Bertz CT molecular complexity index is 781. The van der Waals surface area contributed by atoms with Gasteiger partial charge in [0, 0.05) is 23.9 Å². The van der Waals surface area contributed by atoms with Gasteiger partial charge in [0.1, 0.15) is 0 Å². The number of nitrogens with zero attached hydrogens (tertiary/aromatic N) is 3. The lowest BCUT2D eigenvalue weighted by molar-refractivity contribution is 0.405. The smallest absolute Gasteiger partial charge is 0.157 e. The zero-order chi connectivity index (χ0) is 14.7. The SMILES string of the molecule is COc1c(Cc2cn[nH]n2)ccn(-c2ccccc2)c1=S. The van der Waals surface area contributed by atoms with Crippen molar-refractivity contribution in [2.75, 3.05) is 7.11 Å². The standard InChI is InChI=1S/C15H14N4OS/c1-20-14-11(9-12-10-16-18-17-12)7-8-19(15(14)21)13-5-3-2-4-6-13/h2-8,10H,9H2,1H3,(H,16,17,18). The molecule has 0 aliphatic carbocycles. The summed E-state index contributed by atoms with van der Waals surface area (Å²) in [6.45, 7) is 0. The summed E-state index contributed by atoms with van der Waals surface area (Å²) in [6, 6.07) is 11.9. The first-order valence-corrected chi connectivity index (χ1v) is 6.89. The van der Waals surface area contributed by atoms with Crippen molar-refractivity contribution in [2.24, 2.45) is 0 Å². The fraction of sp³-hybridized carbons (Fsp3) is 0.133. The molecule has 0 bridgehead atoms. The van der Waals surface area contributed by atoms with Gasteiger partial charge in [-0.25, -0.2) is 0 Å². The number of para-hydroxylation sites is 1. The third-order valence-electron chi connectivity index (χ3n) is 3.20. The van der Waals surface area contributed by atoms with Crippen LogP contribution >= 0.6 is 12.2 Å². The van der Waals surface area contributed by atoms with E-state index >= 15 is 0 Å². The topological polar surface area (TPSA) is 55.7 Å². The van der Waals surface area contributed by atoms with E-state index in [1.165, 1.54) is 0 Å². The Morgan fingerprint density at radius 2 is 2.05 bits per heavy atom. The molecule has 0 radical (unpaired) electrons. The number of ether oxygens (including phenoxy) is 1. The van der Waals surface area contributed by atoms with Crippen LogP contribution in [0.25, 0.3) is 5.69 Å². The first-order chi connectivity index (χ1) is 10.3. The summed E-state index contributed by atoms with van der Waals surface area (Å²) in [5.41, 5.74) is 2.84. The molecule has 0 saturated carbocycles. The Kier molecular flexibility index (Phi) is 3.79. The predicted molar refractivity (Wildman–Crippen MR) is 82.3 cm³/mol. The van der Waals surface area contributed by atoms with E-state index in [0.29, 0.717) is 16.8 Å². The van der Waals surface area contributed by atoms with Crippen molar-refractivity contribution < 1.29 is 4.74 Å². The van der Waals surface area contributed by atoms with Gasteiger partial charge in [-0.2, -0.15) is 15.4 Å². The summed E-state index contributed by atoms with van der Waals surface area (Å²) >= 11 is 5.55. The molecule has 1 N–H and O–H groups in total. The fourth-order valence-electron chi connectivity index (χ4n) is 2.21. The molecule has 0 saturated heterocycles. The van der Waals surface area contributed by atoms with Gasteiger partial charge in [0.2, 0.25) is 0 Å². The highest BCUT2D eigenvalue weighted by molar-refractivity contribution is 7.71. The van der Waals surface area contributed by atoms with E-state index in [0.717, 1.165) is 16.9 Å². The monoisotopic (exact) mass is 298 g/mol. The number of nitrogens with one attached hydrogen (secondary N) is 1. The maximum atomic E-state index is 5.55. The van der Waals surface area contributed by atoms with E-state index in [1.54, 1.807) is 13.3 Å². The number of hydrogen-bond acceptors (Lipinski definition) is 4. The van der Waals surface area contributed by atoms with Gasteiger partial charge in [0.05, 0.1) is 19.0 Å². The second kappa shape index (κ2) is 5.88. The molecule has 21 heavy (non-hydrogen) atoms. The molecule has 5 nitrogen and oxygen atoms in total. The van der Waals surface area contributed by atoms with Crippen molar-refractivity contribution in [3.8, 4) is 11.4 Å². The third kappa shape index (κ3) is 2.71. The molecule has 0 spiro atoms. The Hall–Kier alpha value is -2.47. The van der Waals surface area contributed by atoms with Crippen LogP contribution in [-0.4, -0.2) is 27.1 Å². The molecule has 3 aromatic rings. The van der Waals surface area contributed by atoms with Crippen molar-refractivity contribution in [1.82, 2.24) is 20.0 Å². The minimum atomic E-state index is 0.624. The molecule has 3 rings (SSSR count). The number of methoxy groups -OCH3 is 1. The van der Waals surface area contributed by atoms with Crippen molar-refractivity contribution >= 4 is 12.2 Å². The summed E-state index contributed by atoms with van der Waals surface area (Å²) in [7, 11) is 1.63. The van der Waals surface area contributed by atoms with Crippen LogP contribution in [0.2, 0.25) is 0 Å². The molecule has 0 fully saturated rings. The zero-order valence-corrected chi connectivity index (χ0v) is 12.3. The minimum absolute atomic E-state index is 0.624. The number of hydrogen-bond donors (Lipinski definition) is 1. The van der Waals surface area contributed by atoms with E-state index in [2.05, 4.69) is 15.4 Å². The lowest BCUT2D eigenvalue weighted by atomic mass is 10.1. The fourth-order valence-corrected chi connectivity index (χ4v) is 2.59. The largest absolute Gasteiger partial charge is 0.493 e. The van der Waals surface area contributed by atoms with Crippen molar-refractivity contribution in [3.05, 3.63) is 64.7 Å². The average molecular weight is 298 g/mol. The maximum absolute atomic E-state index is 5.55. The van der Waals surface area contributed by atoms with Crippen LogP contribution in [0.15, 0.2) is 48.8 Å². The normalized spacial score (nSPS) is 10.5. The highest BCUT2D eigenvalue weighted by Crippen LogP contribution is 2.24. The molecule has 2 heterocycles. The Morgan fingerprint density at radius 1 is 1.24 bits per heavy atom. The van der Waals surface area contributed by atoms with Gasteiger partial charge in [0.15, 0.2) is 10.4 Å². The Balaban J connectivity index is 2.05. The molecular formula is C15H14N4OS. The Morgan fingerprint density at radius 3 is 2.71 bits per heavy atom. The summed E-state index contributed by atoms with van der Waals surface area (Å²) in [6.07, 6.45) is 4.27. The average Bonchev–Trinajstić information content (AvgIpc) is 3.02. The van der Waals surface area contributed by atoms with Gasteiger partial charge in [-0.15, -0.1) is 0 Å². The number of aromatic amines is 1. The molecular weight excluding hydrogens is 284 g/mol. The second-order valence-corrected chi connectivity index (χ2v) is 4.91. The summed E-state index contributed by atoms with van der Waals surface area (Å²) in [4.78, 5) is 0. The number of rotatable bonds is 4. The predicted octanol–water partition coefficient (Wildman–Crippen LogP) is 2.92. The molecule has 2 aromatic heterocycles. The van der Waals surface area contributed by atoms with Crippen LogP contribution in [0.5, 0.6) is 5.75 Å². The quantitative estimate of drug-likeness (QED) is 0.752. The van der Waals surface area contributed by atoms with Crippen LogP contribution in [0.1, 0.15) is 11.3 Å². The van der Waals surface area contributed by atoms with Gasteiger partial charge in [-0.05, 0) is 18.2 Å². The van der Waals surface area contributed by atoms with E-state index < -0.39 is 0 Å². The Labute approximate surface area is 127 Å². The van der Waals surface area contributed by atoms with Gasteiger partial charge >= 0.3 is 0 Å². The number of aromatic nitrogens is 4. The minimum Gasteiger partial charge on any atom is -0.493 e. The van der Waals surface area contributed by atoms with Gasteiger partial charge in [0.25, 0.3) is 0 Å². The van der Waals surface area contributed by atoms with E-state index in [-0.39, 0.29) is 0 Å². The number of pyridine rings is 1. The first kappa shape index (κ1) is 13.5. The lowest BCUT2D eigenvalue weighted by Crippen LogP contribution is -2.03. The molecule has 0 unspecified atom stereocenters. The van der Waals surface area contributed by atoms with Crippen LogP contribution in [0.4, 0.5) is 0 Å². The molecule has 0 aliphatic rings. The van der Waals surface area contributed by atoms with Gasteiger partial charge in [-0.3, -0.25) is 0 Å². The number of benzene rings is 1. The highest BCUT2D eigenvalue weighted by atomic mass is 32.1. The van der Waals surface area contributed by atoms with Gasteiger partial charge in [-0.1, -0.05) is 30.4 Å². The molecule has 0 amide bonds. The molecule has 106 valence electrons.